The molecule has 1 fully saturated rings. The third-order valence-electron chi connectivity index (χ3n) is 3.86. The van der Waals surface area contributed by atoms with Gasteiger partial charge in [0.05, 0.1) is 11.1 Å². The summed E-state index contributed by atoms with van der Waals surface area (Å²) < 4.78 is 5.43. The molecule has 4 heteroatoms. The molecular weight excluding hydrogens is 236 g/mol. The van der Waals surface area contributed by atoms with E-state index in [0.717, 1.165) is 23.6 Å². The molecule has 1 saturated carbocycles. The lowest BCUT2D eigenvalue weighted by atomic mass is 9.64. The van der Waals surface area contributed by atoms with Crippen molar-refractivity contribution in [3.63, 3.8) is 0 Å². The number of pyridine rings is 1. The van der Waals surface area contributed by atoms with Gasteiger partial charge in [-0.25, -0.2) is 0 Å². The van der Waals surface area contributed by atoms with E-state index in [1.54, 1.807) is 19.5 Å². The summed E-state index contributed by atoms with van der Waals surface area (Å²) in [6, 6.07) is 2.44. The van der Waals surface area contributed by atoms with Gasteiger partial charge in [-0.2, -0.15) is 0 Å². The highest BCUT2D eigenvalue weighted by atomic mass is 35.5. The summed E-state index contributed by atoms with van der Waals surface area (Å²) in [7, 11) is 1.78. The van der Waals surface area contributed by atoms with E-state index in [9.17, 15) is 0 Å². The van der Waals surface area contributed by atoms with Crippen LogP contribution in [0.1, 0.15) is 25.8 Å². The summed E-state index contributed by atoms with van der Waals surface area (Å²) in [6.07, 6.45) is 4.87. The summed E-state index contributed by atoms with van der Waals surface area (Å²) >= 11 is 6.07. The maximum absolute atomic E-state index is 6.07. The first kappa shape index (κ1) is 12.8. The van der Waals surface area contributed by atoms with E-state index in [0.29, 0.717) is 12.1 Å². The zero-order valence-electron chi connectivity index (χ0n) is 10.5. The van der Waals surface area contributed by atoms with Gasteiger partial charge in [-0.3, -0.25) is 4.98 Å². The van der Waals surface area contributed by atoms with Crippen molar-refractivity contribution in [3.05, 3.63) is 29.0 Å². The van der Waals surface area contributed by atoms with Gasteiger partial charge in [0.15, 0.2) is 0 Å². The van der Waals surface area contributed by atoms with Crippen LogP contribution in [0.25, 0.3) is 0 Å². The van der Waals surface area contributed by atoms with Gasteiger partial charge in [0, 0.05) is 37.5 Å². The van der Waals surface area contributed by atoms with Gasteiger partial charge in [-0.15, -0.1) is 0 Å². The first-order valence-corrected chi connectivity index (χ1v) is 6.28. The molecule has 3 nitrogen and oxygen atoms in total. The third-order valence-corrected chi connectivity index (χ3v) is 4.20. The first-order valence-electron chi connectivity index (χ1n) is 5.90. The van der Waals surface area contributed by atoms with Gasteiger partial charge >= 0.3 is 0 Å². The van der Waals surface area contributed by atoms with E-state index in [1.165, 1.54) is 0 Å². The number of methoxy groups -OCH3 is 1. The molecule has 1 heterocycles. The molecule has 1 aliphatic rings. The normalized spacial score (nSPS) is 26.6. The van der Waals surface area contributed by atoms with E-state index in [-0.39, 0.29) is 5.41 Å². The van der Waals surface area contributed by atoms with E-state index >= 15 is 0 Å². The van der Waals surface area contributed by atoms with Crippen molar-refractivity contribution in [1.82, 2.24) is 10.3 Å². The Morgan fingerprint density at radius 2 is 2.35 bits per heavy atom. The van der Waals surface area contributed by atoms with Crippen LogP contribution in [-0.2, 0) is 11.3 Å². The molecule has 0 spiro atoms. The van der Waals surface area contributed by atoms with Crippen LogP contribution in [0.4, 0.5) is 0 Å². The largest absolute Gasteiger partial charge is 0.381 e. The monoisotopic (exact) mass is 254 g/mol. The smallest absolute Gasteiger partial charge is 0.0652 e. The zero-order valence-corrected chi connectivity index (χ0v) is 11.3. The topological polar surface area (TPSA) is 34.1 Å². The fourth-order valence-corrected chi connectivity index (χ4v) is 2.60. The molecule has 94 valence electrons. The lowest BCUT2D eigenvalue weighted by Gasteiger charge is -2.51. The molecule has 1 aromatic heterocycles. The number of nitrogens with zero attached hydrogens (tertiary/aromatic N) is 1. The van der Waals surface area contributed by atoms with E-state index in [2.05, 4.69) is 24.1 Å². The van der Waals surface area contributed by atoms with Gasteiger partial charge in [0.25, 0.3) is 0 Å². The van der Waals surface area contributed by atoms with Crippen LogP contribution in [0.5, 0.6) is 0 Å². The molecule has 0 radical (unpaired) electrons. The molecule has 2 rings (SSSR count). The number of rotatable bonds is 4. The first-order chi connectivity index (χ1) is 8.05. The van der Waals surface area contributed by atoms with Gasteiger partial charge < -0.3 is 10.1 Å². The lowest BCUT2D eigenvalue weighted by molar-refractivity contribution is -0.0979. The van der Waals surface area contributed by atoms with Crippen molar-refractivity contribution < 1.29 is 4.74 Å². The Hall–Kier alpha value is -0.640. The summed E-state index contributed by atoms with van der Waals surface area (Å²) in [4.78, 5) is 3.98. The maximum atomic E-state index is 6.07. The van der Waals surface area contributed by atoms with Crippen molar-refractivity contribution in [2.75, 3.05) is 7.11 Å². The zero-order chi connectivity index (χ0) is 12.5. The van der Waals surface area contributed by atoms with Crippen molar-refractivity contribution in [1.29, 1.82) is 0 Å². The van der Waals surface area contributed by atoms with Crippen LogP contribution in [0.3, 0.4) is 0 Å². The van der Waals surface area contributed by atoms with Crippen LogP contribution >= 0.6 is 11.6 Å². The quantitative estimate of drug-likeness (QED) is 0.897. The average molecular weight is 255 g/mol. The molecule has 1 aromatic rings. The van der Waals surface area contributed by atoms with Crippen molar-refractivity contribution >= 4 is 11.6 Å². The molecule has 0 amide bonds. The average Bonchev–Trinajstić information content (AvgIpc) is 2.30. The Morgan fingerprint density at radius 3 is 2.94 bits per heavy atom. The molecule has 0 aliphatic heterocycles. The number of hydrogen-bond donors (Lipinski definition) is 1. The maximum Gasteiger partial charge on any atom is 0.0652 e. The predicted octanol–water partition coefficient (Wildman–Crippen LogP) is 2.64. The lowest BCUT2D eigenvalue weighted by Crippen LogP contribution is -2.60. The standard InChI is InChI=1S/C13H19ClN2O/c1-13(2)11(6-12(13)17-3)16-7-9-4-5-15-8-10(9)14/h4-5,8,11-12,16H,6-7H2,1-3H3. The molecule has 0 bridgehead atoms. The molecule has 0 aromatic carbocycles. The van der Waals surface area contributed by atoms with Crippen LogP contribution < -0.4 is 5.32 Å². The van der Waals surface area contributed by atoms with Crippen molar-refractivity contribution in [3.8, 4) is 0 Å². The SMILES string of the molecule is COC1CC(NCc2ccncc2Cl)C1(C)C. The second-order valence-electron chi connectivity index (χ2n) is 5.18. The third kappa shape index (κ3) is 2.46. The summed E-state index contributed by atoms with van der Waals surface area (Å²) in [6.45, 7) is 5.25. The summed E-state index contributed by atoms with van der Waals surface area (Å²) in [5.74, 6) is 0. The Labute approximate surface area is 108 Å². The Bertz CT molecular complexity index is 395. The van der Waals surface area contributed by atoms with Crippen molar-refractivity contribution in [2.24, 2.45) is 5.41 Å². The molecule has 0 saturated heterocycles. The molecule has 17 heavy (non-hydrogen) atoms. The number of halogens is 1. The van der Waals surface area contributed by atoms with Crippen LogP contribution in [0.15, 0.2) is 18.5 Å². The molecule has 2 atom stereocenters. The highest BCUT2D eigenvalue weighted by Crippen LogP contribution is 2.42. The summed E-state index contributed by atoms with van der Waals surface area (Å²) in [5.41, 5.74) is 1.28. The fourth-order valence-electron chi connectivity index (χ4n) is 2.41. The second-order valence-corrected chi connectivity index (χ2v) is 5.59. The minimum absolute atomic E-state index is 0.189. The Kier molecular flexibility index (Phi) is 3.71. The van der Waals surface area contributed by atoms with Crippen LogP contribution in [-0.4, -0.2) is 24.2 Å². The number of hydrogen-bond acceptors (Lipinski definition) is 3. The molecule has 1 N–H and O–H groups in total. The van der Waals surface area contributed by atoms with Gasteiger partial charge in [0.2, 0.25) is 0 Å². The number of aromatic nitrogens is 1. The van der Waals surface area contributed by atoms with Crippen LogP contribution in [0, 0.1) is 5.41 Å². The number of nitrogens with one attached hydrogen (secondary N) is 1. The van der Waals surface area contributed by atoms with Crippen LogP contribution in [0.2, 0.25) is 5.02 Å². The van der Waals surface area contributed by atoms with Gasteiger partial charge in [-0.05, 0) is 18.1 Å². The highest BCUT2D eigenvalue weighted by Gasteiger charge is 2.48. The predicted molar refractivity (Wildman–Crippen MR) is 69.1 cm³/mol. The molecule has 1 aliphatic carbocycles. The summed E-state index contributed by atoms with van der Waals surface area (Å²) in [5, 5.41) is 4.26. The van der Waals surface area contributed by atoms with Crippen molar-refractivity contribution in [2.45, 2.75) is 39.0 Å². The van der Waals surface area contributed by atoms with E-state index in [4.69, 9.17) is 16.3 Å². The molecular formula is C13H19ClN2O. The van der Waals surface area contributed by atoms with Gasteiger partial charge in [0.1, 0.15) is 0 Å². The molecule has 2 unspecified atom stereocenters. The van der Waals surface area contributed by atoms with E-state index in [1.807, 2.05) is 6.07 Å². The van der Waals surface area contributed by atoms with Gasteiger partial charge in [-0.1, -0.05) is 25.4 Å². The number of ether oxygens (including phenoxy) is 1. The Morgan fingerprint density at radius 1 is 1.59 bits per heavy atom. The Balaban J connectivity index is 1.91. The highest BCUT2D eigenvalue weighted by molar-refractivity contribution is 6.31. The minimum Gasteiger partial charge on any atom is -0.381 e. The van der Waals surface area contributed by atoms with E-state index < -0.39 is 0 Å². The minimum atomic E-state index is 0.189. The second kappa shape index (κ2) is 4.92. The fraction of sp³-hybridized carbons (Fsp3) is 0.615.